The molecule has 3 aromatic rings. The number of carbonyl (C=O) groups is 1. The first-order valence-corrected chi connectivity index (χ1v) is 8.27. The minimum Gasteiger partial charge on any atom is -0.496 e. The van der Waals surface area contributed by atoms with Crippen LogP contribution in [-0.4, -0.2) is 47.6 Å². The van der Waals surface area contributed by atoms with Gasteiger partial charge in [0.25, 0.3) is 0 Å². The maximum absolute atomic E-state index is 12.8. The Bertz CT molecular complexity index is 857. The first kappa shape index (κ1) is 17.2. The van der Waals surface area contributed by atoms with E-state index in [1.54, 1.807) is 13.3 Å². The Morgan fingerprint density at radius 3 is 2.72 bits per heavy atom. The fourth-order valence-electron chi connectivity index (χ4n) is 3.02. The summed E-state index contributed by atoms with van der Waals surface area (Å²) < 4.78 is 5.38. The molecule has 0 bridgehead atoms. The molecule has 0 aliphatic heterocycles. The number of nitrogens with one attached hydrogen (secondary N) is 1. The molecular weight excluding hydrogens is 316 g/mol. The Hall–Kier alpha value is -2.63. The van der Waals surface area contributed by atoms with Crippen molar-refractivity contribution in [3.63, 3.8) is 0 Å². The number of hydrogen-bond donors (Lipinski definition) is 2. The first-order valence-electron chi connectivity index (χ1n) is 8.27. The average Bonchev–Trinajstić information content (AvgIpc) is 3.06. The van der Waals surface area contributed by atoms with Crippen LogP contribution in [0.25, 0.3) is 10.9 Å². The maximum atomic E-state index is 12.8. The summed E-state index contributed by atoms with van der Waals surface area (Å²) in [5.41, 5.74) is 2.62. The predicted molar refractivity (Wildman–Crippen MR) is 98.0 cm³/mol. The summed E-state index contributed by atoms with van der Waals surface area (Å²) in [6, 6.07) is 15.5. The van der Waals surface area contributed by atoms with Gasteiger partial charge in [-0.3, -0.25) is 9.69 Å². The van der Waals surface area contributed by atoms with Gasteiger partial charge in [-0.15, -0.1) is 0 Å². The molecule has 0 unspecified atom stereocenters. The first-order chi connectivity index (χ1) is 12.2. The van der Waals surface area contributed by atoms with Gasteiger partial charge in [-0.25, -0.2) is 0 Å². The number of rotatable bonds is 8. The molecule has 0 aliphatic carbocycles. The molecule has 0 amide bonds. The highest BCUT2D eigenvalue weighted by Crippen LogP contribution is 2.21. The molecule has 2 N–H and O–H groups in total. The molecule has 0 atom stereocenters. The van der Waals surface area contributed by atoms with Gasteiger partial charge in [0.05, 0.1) is 20.3 Å². The number of hydrogen-bond acceptors (Lipinski definition) is 4. The molecule has 25 heavy (non-hydrogen) atoms. The summed E-state index contributed by atoms with van der Waals surface area (Å²) in [5, 5.41) is 10.3. The van der Waals surface area contributed by atoms with Crippen molar-refractivity contribution in [3.8, 4) is 5.75 Å². The topological polar surface area (TPSA) is 65.6 Å². The van der Waals surface area contributed by atoms with Crippen LogP contribution >= 0.6 is 0 Å². The molecule has 5 nitrogen and oxygen atoms in total. The zero-order valence-corrected chi connectivity index (χ0v) is 14.2. The summed E-state index contributed by atoms with van der Waals surface area (Å²) in [6.45, 7) is 1.20. The lowest BCUT2D eigenvalue weighted by Gasteiger charge is -2.21. The van der Waals surface area contributed by atoms with E-state index in [9.17, 15) is 9.90 Å². The van der Waals surface area contributed by atoms with E-state index >= 15 is 0 Å². The largest absolute Gasteiger partial charge is 0.496 e. The Labute approximate surface area is 146 Å². The van der Waals surface area contributed by atoms with Crippen LogP contribution in [0.15, 0.2) is 54.7 Å². The van der Waals surface area contributed by atoms with Gasteiger partial charge in [0.2, 0.25) is 0 Å². The van der Waals surface area contributed by atoms with E-state index in [0.29, 0.717) is 18.7 Å². The SMILES string of the molecule is COc1ccccc1CN(CCO)CC(=O)c1c[nH]c2ccccc12. The summed E-state index contributed by atoms with van der Waals surface area (Å²) in [6.07, 6.45) is 1.76. The summed E-state index contributed by atoms with van der Waals surface area (Å²) >= 11 is 0. The normalized spacial score (nSPS) is 11.2. The van der Waals surface area contributed by atoms with Crippen LogP contribution in [-0.2, 0) is 6.54 Å². The van der Waals surface area contributed by atoms with Crippen LogP contribution < -0.4 is 4.74 Å². The average molecular weight is 338 g/mol. The molecule has 0 saturated carbocycles. The number of benzene rings is 2. The highest BCUT2D eigenvalue weighted by molar-refractivity contribution is 6.08. The zero-order chi connectivity index (χ0) is 17.6. The smallest absolute Gasteiger partial charge is 0.178 e. The summed E-state index contributed by atoms with van der Waals surface area (Å²) in [4.78, 5) is 17.8. The Kier molecular flexibility index (Phi) is 5.48. The number of para-hydroxylation sites is 2. The van der Waals surface area contributed by atoms with Crippen molar-refractivity contribution in [1.29, 1.82) is 0 Å². The van der Waals surface area contributed by atoms with Gasteiger partial charge in [0.15, 0.2) is 5.78 Å². The number of ketones is 1. The van der Waals surface area contributed by atoms with E-state index in [-0.39, 0.29) is 18.9 Å². The number of Topliss-reactive ketones (excluding diaryl/α,β-unsaturated/α-hetero) is 1. The maximum Gasteiger partial charge on any atom is 0.178 e. The number of fused-ring (bicyclic) bond motifs is 1. The molecule has 0 aliphatic rings. The van der Waals surface area contributed by atoms with Crippen LogP contribution in [0, 0.1) is 0 Å². The molecule has 0 spiro atoms. The number of ether oxygens (including phenoxy) is 1. The van der Waals surface area contributed by atoms with Crippen molar-refractivity contribution in [2.24, 2.45) is 0 Å². The van der Waals surface area contributed by atoms with Gasteiger partial charge < -0.3 is 14.8 Å². The minimum absolute atomic E-state index is 0.00366. The Balaban J connectivity index is 1.78. The van der Waals surface area contributed by atoms with Gasteiger partial charge >= 0.3 is 0 Å². The third-order valence-electron chi connectivity index (χ3n) is 4.26. The van der Waals surface area contributed by atoms with E-state index < -0.39 is 0 Å². The molecule has 1 heterocycles. The van der Waals surface area contributed by atoms with E-state index in [1.165, 1.54) is 0 Å². The van der Waals surface area contributed by atoms with Crippen molar-refractivity contribution in [2.75, 3.05) is 26.8 Å². The number of methoxy groups -OCH3 is 1. The fraction of sp³-hybridized carbons (Fsp3) is 0.250. The Morgan fingerprint density at radius 2 is 1.92 bits per heavy atom. The Morgan fingerprint density at radius 1 is 1.16 bits per heavy atom. The van der Waals surface area contributed by atoms with Crippen molar-refractivity contribution >= 4 is 16.7 Å². The molecule has 130 valence electrons. The number of aliphatic hydroxyl groups excluding tert-OH is 1. The van der Waals surface area contributed by atoms with Crippen LogP contribution in [0.3, 0.4) is 0 Å². The van der Waals surface area contributed by atoms with Gasteiger partial charge in [-0.05, 0) is 12.1 Å². The van der Waals surface area contributed by atoms with E-state index in [4.69, 9.17) is 4.74 Å². The van der Waals surface area contributed by atoms with E-state index in [2.05, 4.69) is 4.98 Å². The monoisotopic (exact) mass is 338 g/mol. The van der Waals surface area contributed by atoms with Gasteiger partial charge in [0.1, 0.15) is 5.75 Å². The standard InChI is InChI=1S/C20H22N2O3/c1-25-20-9-5-2-6-15(20)13-22(10-11-23)14-19(24)17-12-21-18-8-4-3-7-16(17)18/h2-9,12,21,23H,10-11,13-14H2,1H3. The number of aliphatic hydroxyl groups is 1. The van der Waals surface area contributed by atoms with Gasteiger partial charge in [-0.1, -0.05) is 36.4 Å². The third-order valence-corrected chi connectivity index (χ3v) is 4.26. The minimum atomic E-state index is -0.00366. The van der Waals surface area contributed by atoms with Crippen LogP contribution in [0.1, 0.15) is 15.9 Å². The van der Waals surface area contributed by atoms with Crippen molar-refractivity contribution in [2.45, 2.75) is 6.54 Å². The molecule has 0 saturated heterocycles. The third kappa shape index (κ3) is 3.90. The highest BCUT2D eigenvalue weighted by atomic mass is 16.5. The number of aromatic nitrogens is 1. The zero-order valence-electron chi connectivity index (χ0n) is 14.2. The van der Waals surface area contributed by atoms with Crippen molar-refractivity contribution in [1.82, 2.24) is 9.88 Å². The quantitative estimate of drug-likeness (QED) is 0.620. The summed E-state index contributed by atoms with van der Waals surface area (Å²) in [7, 11) is 1.63. The van der Waals surface area contributed by atoms with Gasteiger partial charge in [-0.2, -0.15) is 0 Å². The molecule has 5 heteroatoms. The van der Waals surface area contributed by atoms with Crippen molar-refractivity contribution in [3.05, 3.63) is 65.9 Å². The number of carbonyl (C=O) groups excluding carboxylic acids is 1. The van der Waals surface area contributed by atoms with Crippen LogP contribution in [0.5, 0.6) is 5.75 Å². The lowest BCUT2D eigenvalue weighted by atomic mass is 10.1. The molecule has 1 aromatic heterocycles. The number of nitrogens with zero attached hydrogens (tertiary/aromatic N) is 1. The fourth-order valence-corrected chi connectivity index (χ4v) is 3.02. The molecule has 0 fully saturated rings. The molecule has 0 radical (unpaired) electrons. The molecule has 3 rings (SSSR count). The second-order valence-corrected chi connectivity index (χ2v) is 5.92. The number of H-pyrrole nitrogens is 1. The predicted octanol–water partition coefficient (Wildman–Crippen LogP) is 2.85. The van der Waals surface area contributed by atoms with Crippen LogP contribution in [0.2, 0.25) is 0 Å². The highest BCUT2D eigenvalue weighted by Gasteiger charge is 2.17. The second kappa shape index (κ2) is 7.96. The number of aromatic amines is 1. The molecule has 2 aromatic carbocycles. The second-order valence-electron chi connectivity index (χ2n) is 5.92. The van der Waals surface area contributed by atoms with Gasteiger partial charge in [0, 0.05) is 41.3 Å². The lowest BCUT2D eigenvalue weighted by Crippen LogP contribution is -2.32. The lowest BCUT2D eigenvalue weighted by molar-refractivity contribution is 0.0909. The molecular formula is C20H22N2O3. The summed E-state index contributed by atoms with van der Waals surface area (Å²) in [5.74, 6) is 0.811. The van der Waals surface area contributed by atoms with Crippen LogP contribution in [0.4, 0.5) is 0 Å². The van der Waals surface area contributed by atoms with E-state index in [1.807, 2.05) is 53.4 Å². The van der Waals surface area contributed by atoms with E-state index in [0.717, 1.165) is 22.2 Å². The van der Waals surface area contributed by atoms with Crippen molar-refractivity contribution < 1.29 is 14.6 Å².